The molecule has 0 saturated carbocycles. The minimum Gasteiger partial charge on any atom is -0.313 e. The van der Waals surface area contributed by atoms with Gasteiger partial charge >= 0.3 is 0 Å². The van der Waals surface area contributed by atoms with Crippen LogP contribution in [0.3, 0.4) is 0 Å². The predicted octanol–water partition coefficient (Wildman–Crippen LogP) is 1.20. The molecular formula is C9H21NO2S. The first-order chi connectivity index (χ1) is 5.73. The van der Waals surface area contributed by atoms with Crippen LogP contribution >= 0.6 is 0 Å². The molecule has 0 radical (unpaired) electrons. The summed E-state index contributed by atoms with van der Waals surface area (Å²) in [6.07, 6.45) is 2.31. The highest BCUT2D eigenvalue weighted by Gasteiger charge is 2.35. The molecule has 0 aromatic heterocycles. The van der Waals surface area contributed by atoms with E-state index in [9.17, 15) is 8.42 Å². The van der Waals surface area contributed by atoms with Crippen LogP contribution in [0.4, 0.5) is 0 Å². The molecule has 0 aliphatic heterocycles. The zero-order valence-corrected chi connectivity index (χ0v) is 10.0. The summed E-state index contributed by atoms with van der Waals surface area (Å²) >= 11 is 0. The van der Waals surface area contributed by atoms with E-state index in [0.29, 0.717) is 0 Å². The van der Waals surface area contributed by atoms with E-state index in [-0.39, 0.29) is 6.04 Å². The van der Waals surface area contributed by atoms with Gasteiger partial charge in [0, 0.05) is 12.3 Å². The Morgan fingerprint density at radius 2 is 1.85 bits per heavy atom. The van der Waals surface area contributed by atoms with Crippen molar-refractivity contribution in [3.8, 4) is 0 Å². The SMILES string of the molecule is CCCNC(C)C(C)(C)S(C)(=O)=O. The molecule has 0 aliphatic carbocycles. The van der Waals surface area contributed by atoms with Crippen LogP contribution < -0.4 is 5.32 Å². The van der Waals surface area contributed by atoms with E-state index in [2.05, 4.69) is 12.2 Å². The highest BCUT2D eigenvalue weighted by molar-refractivity contribution is 7.92. The lowest BCUT2D eigenvalue weighted by atomic mass is 10.1. The molecule has 0 heterocycles. The molecule has 0 aromatic carbocycles. The summed E-state index contributed by atoms with van der Waals surface area (Å²) in [6.45, 7) is 8.36. The van der Waals surface area contributed by atoms with Gasteiger partial charge in [0.25, 0.3) is 0 Å². The lowest BCUT2D eigenvalue weighted by molar-refractivity contribution is 0.433. The van der Waals surface area contributed by atoms with E-state index in [1.54, 1.807) is 13.8 Å². The lowest BCUT2D eigenvalue weighted by Gasteiger charge is -2.30. The topological polar surface area (TPSA) is 46.2 Å². The summed E-state index contributed by atoms with van der Waals surface area (Å²) < 4.78 is 22.1. The maximum Gasteiger partial charge on any atom is 0.154 e. The van der Waals surface area contributed by atoms with Crippen molar-refractivity contribution >= 4 is 9.84 Å². The first-order valence-corrected chi connectivity index (χ1v) is 6.55. The normalized spacial score (nSPS) is 15.8. The number of nitrogens with one attached hydrogen (secondary N) is 1. The molecule has 0 rings (SSSR count). The number of sulfone groups is 1. The van der Waals surface area contributed by atoms with Gasteiger partial charge in [-0.15, -0.1) is 0 Å². The summed E-state index contributed by atoms with van der Waals surface area (Å²) in [5.41, 5.74) is 0. The van der Waals surface area contributed by atoms with E-state index >= 15 is 0 Å². The van der Waals surface area contributed by atoms with Crippen LogP contribution in [0.5, 0.6) is 0 Å². The fourth-order valence-corrected chi connectivity index (χ4v) is 1.65. The average Bonchev–Trinajstić information content (AvgIpc) is 1.97. The molecule has 0 spiro atoms. The third kappa shape index (κ3) is 3.27. The Labute approximate surface area is 81.8 Å². The van der Waals surface area contributed by atoms with Gasteiger partial charge in [0.05, 0.1) is 4.75 Å². The molecule has 80 valence electrons. The minimum atomic E-state index is -2.99. The van der Waals surface area contributed by atoms with Crippen LogP contribution in [0.25, 0.3) is 0 Å². The number of hydrogen-bond acceptors (Lipinski definition) is 3. The van der Waals surface area contributed by atoms with Gasteiger partial charge in [-0.2, -0.15) is 0 Å². The lowest BCUT2D eigenvalue weighted by Crippen LogP contribution is -2.49. The van der Waals surface area contributed by atoms with E-state index in [1.165, 1.54) is 6.26 Å². The smallest absolute Gasteiger partial charge is 0.154 e. The molecule has 1 unspecified atom stereocenters. The highest BCUT2D eigenvalue weighted by Crippen LogP contribution is 2.19. The third-order valence-electron chi connectivity index (χ3n) is 2.70. The Balaban J connectivity index is 4.46. The molecule has 0 aromatic rings. The summed E-state index contributed by atoms with van der Waals surface area (Å²) in [4.78, 5) is 0. The van der Waals surface area contributed by atoms with Crippen LogP contribution in [0.1, 0.15) is 34.1 Å². The van der Waals surface area contributed by atoms with Crippen LogP contribution in [0.2, 0.25) is 0 Å². The van der Waals surface area contributed by atoms with E-state index in [0.717, 1.165) is 13.0 Å². The molecule has 3 nitrogen and oxygen atoms in total. The molecule has 0 saturated heterocycles. The molecule has 13 heavy (non-hydrogen) atoms. The molecule has 0 bridgehead atoms. The van der Waals surface area contributed by atoms with Crippen molar-refractivity contribution in [2.75, 3.05) is 12.8 Å². The van der Waals surface area contributed by atoms with E-state index in [1.807, 2.05) is 6.92 Å². The Kier molecular flexibility index (Phi) is 4.39. The van der Waals surface area contributed by atoms with Crippen molar-refractivity contribution in [3.63, 3.8) is 0 Å². The molecule has 0 aliphatic rings. The number of rotatable bonds is 5. The predicted molar refractivity (Wildman–Crippen MR) is 56.7 cm³/mol. The van der Waals surface area contributed by atoms with E-state index in [4.69, 9.17) is 0 Å². The first kappa shape index (κ1) is 12.9. The molecule has 4 heteroatoms. The number of hydrogen-bond donors (Lipinski definition) is 1. The van der Waals surface area contributed by atoms with Crippen molar-refractivity contribution in [1.82, 2.24) is 5.32 Å². The van der Waals surface area contributed by atoms with Crippen LogP contribution in [-0.4, -0.2) is 32.0 Å². The fourth-order valence-electron chi connectivity index (χ4n) is 0.928. The van der Waals surface area contributed by atoms with Crippen LogP contribution in [0.15, 0.2) is 0 Å². The van der Waals surface area contributed by atoms with Gasteiger partial charge in [0.15, 0.2) is 9.84 Å². The standard InChI is InChI=1S/C9H21NO2S/c1-6-7-10-8(2)9(3,4)13(5,11)12/h8,10H,6-7H2,1-5H3. The Morgan fingerprint density at radius 1 is 1.38 bits per heavy atom. The maximum atomic E-state index is 11.4. The first-order valence-electron chi connectivity index (χ1n) is 4.66. The molecule has 0 fully saturated rings. The van der Waals surface area contributed by atoms with Crippen molar-refractivity contribution in [2.24, 2.45) is 0 Å². The summed E-state index contributed by atoms with van der Waals surface area (Å²) in [6, 6.07) is -0.0116. The molecule has 1 N–H and O–H groups in total. The van der Waals surface area contributed by atoms with Gasteiger partial charge in [0.2, 0.25) is 0 Å². The van der Waals surface area contributed by atoms with Gasteiger partial charge in [-0.05, 0) is 33.7 Å². The van der Waals surface area contributed by atoms with Gasteiger partial charge in [-0.1, -0.05) is 6.92 Å². The largest absolute Gasteiger partial charge is 0.313 e. The summed E-state index contributed by atoms with van der Waals surface area (Å²) in [5, 5.41) is 3.20. The van der Waals surface area contributed by atoms with Crippen molar-refractivity contribution in [2.45, 2.75) is 44.9 Å². The molecule has 1 atom stereocenters. The second kappa shape index (κ2) is 4.42. The Bertz CT molecular complexity index is 244. The van der Waals surface area contributed by atoms with Gasteiger partial charge < -0.3 is 5.32 Å². The molecular weight excluding hydrogens is 186 g/mol. The van der Waals surface area contributed by atoms with Gasteiger partial charge in [-0.3, -0.25) is 0 Å². The van der Waals surface area contributed by atoms with Crippen molar-refractivity contribution < 1.29 is 8.42 Å². The quantitative estimate of drug-likeness (QED) is 0.737. The molecule has 0 amide bonds. The monoisotopic (exact) mass is 207 g/mol. The second-order valence-corrected chi connectivity index (χ2v) is 6.65. The van der Waals surface area contributed by atoms with E-state index < -0.39 is 14.6 Å². The average molecular weight is 207 g/mol. The highest BCUT2D eigenvalue weighted by atomic mass is 32.2. The minimum absolute atomic E-state index is 0.0116. The Morgan fingerprint density at radius 3 is 2.15 bits per heavy atom. The summed E-state index contributed by atoms with van der Waals surface area (Å²) in [7, 11) is -2.99. The van der Waals surface area contributed by atoms with Crippen molar-refractivity contribution in [1.29, 1.82) is 0 Å². The third-order valence-corrected chi connectivity index (χ3v) is 4.96. The zero-order valence-electron chi connectivity index (χ0n) is 9.22. The van der Waals surface area contributed by atoms with Crippen molar-refractivity contribution in [3.05, 3.63) is 0 Å². The summed E-state index contributed by atoms with van der Waals surface area (Å²) in [5.74, 6) is 0. The second-order valence-electron chi connectivity index (χ2n) is 4.05. The van der Waals surface area contributed by atoms with Gasteiger partial charge in [-0.25, -0.2) is 8.42 Å². The van der Waals surface area contributed by atoms with Crippen LogP contribution in [0, 0.1) is 0 Å². The maximum absolute atomic E-state index is 11.4. The fraction of sp³-hybridized carbons (Fsp3) is 1.00. The van der Waals surface area contributed by atoms with Gasteiger partial charge in [0.1, 0.15) is 0 Å². The zero-order chi connectivity index (χ0) is 10.7. The Hall–Kier alpha value is -0.0900. The van der Waals surface area contributed by atoms with Crippen LogP contribution in [-0.2, 0) is 9.84 Å².